The van der Waals surface area contributed by atoms with Crippen LogP contribution in [0.15, 0.2) is 18.3 Å². The fourth-order valence-corrected chi connectivity index (χ4v) is 1.57. The number of hydrogen-bond donors (Lipinski definition) is 0. The van der Waals surface area contributed by atoms with Gasteiger partial charge in [-0.3, -0.25) is 0 Å². The quantitative estimate of drug-likeness (QED) is 0.725. The van der Waals surface area contributed by atoms with Crippen LogP contribution >= 0.6 is 11.6 Å². The highest BCUT2D eigenvalue weighted by molar-refractivity contribution is 6.18. The van der Waals surface area contributed by atoms with Crippen molar-refractivity contribution < 1.29 is 4.74 Å². The molecule has 1 heterocycles. The predicted molar refractivity (Wildman–Crippen MR) is 64.0 cm³/mol. The van der Waals surface area contributed by atoms with Gasteiger partial charge in [-0.05, 0) is 26.0 Å². The van der Waals surface area contributed by atoms with Crippen molar-refractivity contribution >= 4 is 17.4 Å². The molecule has 0 saturated heterocycles. The van der Waals surface area contributed by atoms with Crippen LogP contribution in [0.2, 0.25) is 0 Å². The van der Waals surface area contributed by atoms with E-state index in [1.807, 2.05) is 12.1 Å². The minimum Gasteiger partial charge on any atom is -0.495 e. The fraction of sp³-hybridized carbons (Fsp3) is 0.545. The lowest BCUT2D eigenvalue weighted by Crippen LogP contribution is -2.33. The Hall–Kier alpha value is -0.960. The van der Waals surface area contributed by atoms with Crippen LogP contribution in [-0.2, 0) is 0 Å². The molecular formula is C11H17ClN2O. The van der Waals surface area contributed by atoms with E-state index in [2.05, 4.69) is 23.7 Å². The normalized spacial score (nSPS) is 10.5. The van der Waals surface area contributed by atoms with E-state index in [-0.39, 0.29) is 0 Å². The van der Waals surface area contributed by atoms with Crippen molar-refractivity contribution in [2.75, 3.05) is 24.4 Å². The van der Waals surface area contributed by atoms with E-state index < -0.39 is 0 Å². The second-order valence-electron chi connectivity index (χ2n) is 3.53. The summed E-state index contributed by atoms with van der Waals surface area (Å²) in [5, 5.41) is 0. The maximum atomic E-state index is 5.75. The average molecular weight is 229 g/mol. The van der Waals surface area contributed by atoms with Gasteiger partial charge in [0.25, 0.3) is 0 Å². The first-order valence-corrected chi connectivity index (χ1v) is 5.55. The molecule has 15 heavy (non-hydrogen) atoms. The van der Waals surface area contributed by atoms with Gasteiger partial charge in [0.15, 0.2) is 0 Å². The number of halogens is 1. The summed E-state index contributed by atoms with van der Waals surface area (Å²) in [7, 11) is 1.63. The first-order chi connectivity index (χ1) is 7.19. The zero-order chi connectivity index (χ0) is 11.3. The number of alkyl halides is 1. The molecule has 0 atom stereocenters. The Morgan fingerprint density at radius 1 is 1.47 bits per heavy atom. The van der Waals surface area contributed by atoms with Gasteiger partial charge in [-0.1, -0.05) is 0 Å². The lowest BCUT2D eigenvalue weighted by Gasteiger charge is -2.26. The Labute approximate surface area is 96.0 Å². The van der Waals surface area contributed by atoms with Crippen LogP contribution in [0.1, 0.15) is 13.8 Å². The zero-order valence-electron chi connectivity index (χ0n) is 9.40. The molecular weight excluding hydrogens is 212 g/mol. The van der Waals surface area contributed by atoms with E-state index in [0.717, 1.165) is 18.1 Å². The number of aromatic nitrogens is 1. The lowest BCUT2D eigenvalue weighted by molar-refractivity contribution is 0.413. The number of pyridine rings is 1. The van der Waals surface area contributed by atoms with Crippen LogP contribution < -0.4 is 9.64 Å². The third-order valence-electron chi connectivity index (χ3n) is 2.20. The second kappa shape index (κ2) is 5.81. The molecule has 0 aliphatic heterocycles. The number of nitrogens with zero attached hydrogens (tertiary/aromatic N) is 2. The van der Waals surface area contributed by atoms with Gasteiger partial charge >= 0.3 is 0 Å². The molecule has 1 aromatic heterocycles. The highest BCUT2D eigenvalue weighted by Gasteiger charge is 2.10. The van der Waals surface area contributed by atoms with Gasteiger partial charge in [0.2, 0.25) is 0 Å². The summed E-state index contributed by atoms with van der Waals surface area (Å²) in [4.78, 5) is 6.49. The monoisotopic (exact) mass is 228 g/mol. The Bertz CT molecular complexity index is 287. The Morgan fingerprint density at radius 3 is 2.60 bits per heavy atom. The molecule has 0 spiro atoms. The van der Waals surface area contributed by atoms with Crippen molar-refractivity contribution in [1.29, 1.82) is 0 Å². The number of methoxy groups -OCH3 is 1. The summed E-state index contributed by atoms with van der Waals surface area (Å²) in [5.41, 5.74) is 0. The van der Waals surface area contributed by atoms with Crippen LogP contribution in [0.5, 0.6) is 5.75 Å². The highest BCUT2D eigenvalue weighted by atomic mass is 35.5. The van der Waals surface area contributed by atoms with E-state index in [9.17, 15) is 0 Å². The van der Waals surface area contributed by atoms with Gasteiger partial charge in [-0.15, -0.1) is 11.6 Å². The number of hydrogen-bond acceptors (Lipinski definition) is 3. The Kier molecular flexibility index (Phi) is 4.69. The van der Waals surface area contributed by atoms with Crippen LogP contribution in [-0.4, -0.2) is 30.6 Å². The van der Waals surface area contributed by atoms with Crippen molar-refractivity contribution in [3.05, 3.63) is 18.3 Å². The SMILES string of the molecule is COc1ccc(N(CCCl)C(C)C)nc1. The molecule has 0 bridgehead atoms. The Morgan fingerprint density at radius 2 is 2.20 bits per heavy atom. The maximum Gasteiger partial charge on any atom is 0.137 e. The minimum atomic E-state index is 0.393. The molecule has 0 aromatic carbocycles. The molecule has 1 rings (SSSR count). The molecule has 84 valence electrons. The van der Waals surface area contributed by atoms with Gasteiger partial charge in [-0.2, -0.15) is 0 Å². The molecule has 0 fully saturated rings. The fourth-order valence-electron chi connectivity index (χ4n) is 1.39. The first-order valence-electron chi connectivity index (χ1n) is 5.01. The molecule has 4 heteroatoms. The van der Waals surface area contributed by atoms with Crippen molar-refractivity contribution in [3.63, 3.8) is 0 Å². The molecule has 0 radical (unpaired) electrons. The smallest absolute Gasteiger partial charge is 0.137 e. The van der Waals surface area contributed by atoms with Crippen LogP contribution in [0.25, 0.3) is 0 Å². The average Bonchev–Trinajstić information content (AvgIpc) is 2.26. The van der Waals surface area contributed by atoms with Crippen LogP contribution in [0.3, 0.4) is 0 Å². The van der Waals surface area contributed by atoms with E-state index in [1.54, 1.807) is 13.3 Å². The van der Waals surface area contributed by atoms with Gasteiger partial charge in [-0.25, -0.2) is 4.98 Å². The standard InChI is InChI=1S/C11H17ClN2O/c1-9(2)14(7-6-12)11-5-4-10(15-3)8-13-11/h4-5,8-9H,6-7H2,1-3H3. The molecule has 0 unspecified atom stereocenters. The van der Waals surface area contributed by atoms with Crippen LogP contribution in [0.4, 0.5) is 5.82 Å². The number of rotatable bonds is 5. The topological polar surface area (TPSA) is 25.4 Å². The third kappa shape index (κ3) is 3.27. The molecule has 0 aliphatic rings. The molecule has 1 aromatic rings. The molecule has 0 amide bonds. The summed E-state index contributed by atoms with van der Waals surface area (Å²) in [5.74, 6) is 2.31. The molecule has 0 N–H and O–H groups in total. The van der Waals surface area contributed by atoms with Gasteiger partial charge in [0.1, 0.15) is 11.6 Å². The highest BCUT2D eigenvalue weighted by Crippen LogP contribution is 2.17. The van der Waals surface area contributed by atoms with Gasteiger partial charge < -0.3 is 9.64 Å². The van der Waals surface area contributed by atoms with Gasteiger partial charge in [0, 0.05) is 18.5 Å². The van der Waals surface area contributed by atoms with E-state index in [0.29, 0.717) is 11.9 Å². The predicted octanol–water partition coefficient (Wildman–Crippen LogP) is 2.54. The Balaban J connectivity index is 2.81. The summed E-state index contributed by atoms with van der Waals surface area (Å²) < 4.78 is 5.06. The van der Waals surface area contributed by atoms with E-state index >= 15 is 0 Å². The lowest BCUT2D eigenvalue weighted by atomic mass is 10.3. The van der Waals surface area contributed by atoms with Crippen molar-refractivity contribution in [3.8, 4) is 5.75 Å². The number of anilines is 1. The summed E-state index contributed by atoms with van der Waals surface area (Å²) in [6.45, 7) is 5.05. The van der Waals surface area contributed by atoms with Gasteiger partial charge in [0.05, 0.1) is 13.3 Å². The largest absolute Gasteiger partial charge is 0.495 e. The molecule has 0 saturated carbocycles. The third-order valence-corrected chi connectivity index (χ3v) is 2.37. The zero-order valence-corrected chi connectivity index (χ0v) is 10.2. The van der Waals surface area contributed by atoms with Crippen molar-refractivity contribution in [1.82, 2.24) is 4.98 Å². The first kappa shape index (κ1) is 12.1. The number of ether oxygens (including phenoxy) is 1. The second-order valence-corrected chi connectivity index (χ2v) is 3.91. The van der Waals surface area contributed by atoms with Crippen molar-refractivity contribution in [2.24, 2.45) is 0 Å². The molecule has 3 nitrogen and oxygen atoms in total. The summed E-state index contributed by atoms with van der Waals surface area (Å²) in [6, 6.07) is 4.25. The minimum absolute atomic E-state index is 0.393. The van der Waals surface area contributed by atoms with Crippen molar-refractivity contribution in [2.45, 2.75) is 19.9 Å². The summed E-state index contributed by atoms with van der Waals surface area (Å²) >= 11 is 5.75. The maximum absolute atomic E-state index is 5.75. The van der Waals surface area contributed by atoms with E-state index in [4.69, 9.17) is 16.3 Å². The molecule has 0 aliphatic carbocycles. The van der Waals surface area contributed by atoms with E-state index in [1.165, 1.54) is 0 Å². The van der Waals surface area contributed by atoms with Crippen LogP contribution in [0, 0.1) is 0 Å². The summed E-state index contributed by atoms with van der Waals surface area (Å²) in [6.07, 6.45) is 1.72.